The predicted octanol–water partition coefficient (Wildman–Crippen LogP) is 0.134. The van der Waals surface area contributed by atoms with Crippen LogP contribution >= 0.6 is 0 Å². The lowest BCUT2D eigenvalue weighted by Crippen LogP contribution is -2.19. The summed E-state index contributed by atoms with van der Waals surface area (Å²) in [7, 11) is 1.33. The minimum Gasteiger partial charge on any atom is -0.366 e. The van der Waals surface area contributed by atoms with Gasteiger partial charge >= 0.3 is 0 Å². The molecule has 0 amide bonds. The molecule has 0 saturated heterocycles. The third-order valence-electron chi connectivity index (χ3n) is 1.26. The Labute approximate surface area is 66.8 Å². The Morgan fingerprint density at radius 2 is 2.30 bits per heavy atom. The largest absolute Gasteiger partial charge is 0.366 e. The minimum absolute atomic E-state index is 0.732. The van der Waals surface area contributed by atoms with Crippen molar-refractivity contribution >= 4 is 10.2 Å². The van der Waals surface area contributed by atoms with E-state index in [1.54, 1.807) is 0 Å². The van der Waals surface area contributed by atoms with E-state index in [2.05, 4.69) is 12.2 Å². The van der Waals surface area contributed by atoms with Crippen molar-refractivity contribution in [2.75, 3.05) is 19.9 Å². The fourth-order valence-electron chi connectivity index (χ4n) is 0.663. The fraction of sp³-hybridized carbons (Fsp3) is 1.00. The molecule has 0 rings (SSSR count). The molecule has 0 spiro atoms. The molecule has 0 unspecified atom stereocenters. The zero-order valence-corrected chi connectivity index (χ0v) is 9.15. The first-order valence-corrected chi connectivity index (χ1v) is 5.61. The van der Waals surface area contributed by atoms with Crippen LogP contribution in [0.25, 0.3) is 0 Å². The maximum atomic E-state index is 5.23. The molecule has 0 aliphatic rings. The van der Waals surface area contributed by atoms with Gasteiger partial charge in [0.05, 0.1) is 6.73 Å². The topological polar surface area (TPSA) is 21.3 Å². The van der Waals surface area contributed by atoms with Crippen LogP contribution in [0.4, 0.5) is 0 Å². The second-order valence-corrected chi connectivity index (χ2v) is 3.41. The molecule has 0 aliphatic carbocycles. The zero-order valence-electron chi connectivity index (χ0n) is 7.15. The lowest BCUT2D eigenvalue weighted by Gasteiger charge is -2.03. The van der Waals surface area contributed by atoms with Crippen molar-refractivity contribution in [3.8, 4) is 0 Å². The summed E-state index contributed by atoms with van der Waals surface area (Å²) in [5.74, 6) is 0. The Morgan fingerprint density at radius 1 is 1.50 bits per heavy atom. The van der Waals surface area contributed by atoms with Crippen LogP contribution in [0.1, 0.15) is 19.8 Å². The Morgan fingerprint density at radius 3 is 2.90 bits per heavy atom. The Kier molecular flexibility index (Phi) is 9.26. The molecular formula is C7H19NOSi. The van der Waals surface area contributed by atoms with Crippen molar-refractivity contribution in [3.63, 3.8) is 0 Å². The fourth-order valence-corrected chi connectivity index (χ4v) is 1.02. The third kappa shape index (κ3) is 8.14. The maximum Gasteiger partial charge on any atom is 0.0965 e. The smallest absolute Gasteiger partial charge is 0.0965 e. The van der Waals surface area contributed by atoms with Crippen LogP contribution in [-0.4, -0.2) is 30.1 Å². The van der Waals surface area contributed by atoms with Crippen LogP contribution in [0.15, 0.2) is 0 Å². The SMILES string of the molecule is CCCOCNCCC[SiH3]. The Balaban J connectivity index is 2.65. The van der Waals surface area contributed by atoms with Gasteiger partial charge < -0.3 is 4.74 Å². The Bertz CT molecular complexity index is 53.6. The average Bonchev–Trinajstić information content (AvgIpc) is 1.97. The van der Waals surface area contributed by atoms with Gasteiger partial charge in [-0.25, -0.2) is 0 Å². The van der Waals surface area contributed by atoms with Gasteiger partial charge in [0, 0.05) is 16.8 Å². The Hall–Kier alpha value is 0.137. The summed E-state index contributed by atoms with van der Waals surface area (Å²) in [6.45, 7) is 4.86. The van der Waals surface area contributed by atoms with Crippen molar-refractivity contribution in [2.24, 2.45) is 0 Å². The van der Waals surface area contributed by atoms with Gasteiger partial charge in [-0.1, -0.05) is 13.0 Å². The van der Waals surface area contributed by atoms with Crippen LogP contribution in [-0.2, 0) is 4.74 Å². The number of hydrogen-bond donors (Lipinski definition) is 1. The number of nitrogens with one attached hydrogen (secondary N) is 1. The molecule has 62 valence electrons. The van der Waals surface area contributed by atoms with Crippen molar-refractivity contribution < 1.29 is 4.74 Å². The first kappa shape index (κ1) is 10.1. The molecule has 0 aliphatic heterocycles. The van der Waals surface area contributed by atoms with Crippen LogP contribution in [0.5, 0.6) is 0 Å². The van der Waals surface area contributed by atoms with Gasteiger partial charge in [0.2, 0.25) is 0 Å². The van der Waals surface area contributed by atoms with E-state index < -0.39 is 0 Å². The molecule has 1 N–H and O–H groups in total. The summed E-state index contributed by atoms with van der Waals surface area (Å²) in [6.07, 6.45) is 2.42. The molecule has 10 heavy (non-hydrogen) atoms. The molecule has 0 aromatic rings. The highest BCUT2D eigenvalue weighted by Gasteiger charge is 1.84. The van der Waals surface area contributed by atoms with E-state index in [1.165, 1.54) is 22.7 Å². The molecular weight excluding hydrogens is 142 g/mol. The number of rotatable bonds is 7. The third-order valence-corrected chi connectivity index (χ3v) is 1.97. The summed E-state index contributed by atoms with van der Waals surface area (Å²) in [5, 5.41) is 3.22. The molecule has 0 atom stereocenters. The van der Waals surface area contributed by atoms with Crippen LogP contribution in [0, 0.1) is 0 Å². The van der Waals surface area contributed by atoms with Crippen molar-refractivity contribution in [1.82, 2.24) is 5.32 Å². The first-order valence-electron chi connectivity index (χ1n) is 4.20. The highest BCUT2D eigenvalue weighted by atomic mass is 28.1. The lowest BCUT2D eigenvalue weighted by molar-refractivity contribution is 0.117. The quantitative estimate of drug-likeness (QED) is 0.326. The second-order valence-electron chi connectivity index (χ2n) is 2.41. The lowest BCUT2D eigenvalue weighted by atomic mass is 10.5. The highest BCUT2D eigenvalue weighted by molar-refractivity contribution is 6.08. The zero-order chi connectivity index (χ0) is 7.66. The van der Waals surface area contributed by atoms with E-state index in [1.807, 2.05) is 0 Å². The van der Waals surface area contributed by atoms with Gasteiger partial charge in [-0.3, -0.25) is 5.32 Å². The average molecular weight is 161 g/mol. The molecule has 0 aromatic heterocycles. The van der Waals surface area contributed by atoms with Crippen molar-refractivity contribution in [2.45, 2.75) is 25.8 Å². The van der Waals surface area contributed by atoms with E-state index in [9.17, 15) is 0 Å². The number of ether oxygens (including phenoxy) is 1. The monoisotopic (exact) mass is 161 g/mol. The highest BCUT2D eigenvalue weighted by Crippen LogP contribution is 1.81. The van der Waals surface area contributed by atoms with Gasteiger partial charge in [0.15, 0.2) is 0 Å². The molecule has 0 saturated carbocycles. The van der Waals surface area contributed by atoms with Gasteiger partial charge in [0.25, 0.3) is 0 Å². The summed E-state index contributed by atoms with van der Waals surface area (Å²) < 4.78 is 5.23. The minimum atomic E-state index is 0.732. The molecule has 0 fully saturated rings. The van der Waals surface area contributed by atoms with Gasteiger partial charge in [-0.2, -0.15) is 0 Å². The normalized spacial score (nSPS) is 10.5. The van der Waals surface area contributed by atoms with Gasteiger partial charge in [0.1, 0.15) is 0 Å². The molecule has 0 heterocycles. The van der Waals surface area contributed by atoms with Crippen LogP contribution in [0.2, 0.25) is 6.04 Å². The van der Waals surface area contributed by atoms with E-state index in [0.717, 1.165) is 26.3 Å². The van der Waals surface area contributed by atoms with E-state index >= 15 is 0 Å². The number of hydrogen-bond acceptors (Lipinski definition) is 2. The standard InChI is InChI=1S/C7H19NOSi/c1-2-5-9-7-8-4-3-6-10/h8H,2-7H2,1,10H3. The van der Waals surface area contributed by atoms with Crippen LogP contribution < -0.4 is 5.32 Å². The van der Waals surface area contributed by atoms with Crippen molar-refractivity contribution in [1.29, 1.82) is 0 Å². The molecule has 3 heteroatoms. The summed E-state index contributed by atoms with van der Waals surface area (Å²) in [4.78, 5) is 0. The summed E-state index contributed by atoms with van der Waals surface area (Å²) in [6, 6.07) is 1.39. The summed E-state index contributed by atoms with van der Waals surface area (Å²) >= 11 is 0. The predicted molar refractivity (Wildman–Crippen MR) is 48.5 cm³/mol. The molecule has 0 radical (unpaired) electrons. The van der Waals surface area contributed by atoms with Gasteiger partial charge in [-0.15, -0.1) is 0 Å². The van der Waals surface area contributed by atoms with Gasteiger partial charge in [-0.05, 0) is 19.4 Å². The second kappa shape index (κ2) is 9.14. The molecule has 0 aromatic carbocycles. The van der Waals surface area contributed by atoms with Crippen molar-refractivity contribution in [3.05, 3.63) is 0 Å². The van der Waals surface area contributed by atoms with E-state index in [4.69, 9.17) is 4.74 Å². The van der Waals surface area contributed by atoms with E-state index in [-0.39, 0.29) is 0 Å². The van der Waals surface area contributed by atoms with Crippen LogP contribution in [0.3, 0.4) is 0 Å². The molecule has 0 bridgehead atoms. The first-order chi connectivity index (χ1) is 4.91. The molecule has 2 nitrogen and oxygen atoms in total. The summed E-state index contributed by atoms with van der Waals surface area (Å²) in [5.41, 5.74) is 0. The van der Waals surface area contributed by atoms with E-state index in [0.29, 0.717) is 0 Å². The maximum absolute atomic E-state index is 5.23.